The van der Waals surface area contributed by atoms with Gasteiger partial charge in [-0.15, -0.1) is 12.4 Å². The van der Waals surface area contributed by atoms with E-state index in [9.17, 15) is 9.59 Å². The molecule has 0 radical (unpaired) electrons. The number of carbonyl (C=O) groups excluding carboxylic acids is 2. The molecule has 3 atom stereocenters. The van der Waals surface area contributed by atoms with Crippen LogP contribution in [0.4, 0.5) is 4.79 Å². The fourth-order valence-corrected chi connectivity index (χ4v) is 3.42. The number of amides is 3. The molecule has 3 unspecified atom stereocenters. The molecule has 22 heavy (non-hydrogen) atoms. The first-order valence-electron chi connectivity index (χ1n) is 8.06. The highest BCUT2D eigenvalue weighted by molar-refractivity contribution is 5.85. The number of nitrogens with zero attached hydrogens (tertiary/aromatic N) is 1. The van der Waals surface area contributed by atoms with Crippen LogP contribution in [-0.4, -0.2) is 48.1 Å². The molecule has 3 amide bonds. The number of urea groups is 1. The number of hydrogen-bond acceptors (Lipinski definition) is 3. The Labute approximate surface area is 139 Å². The Kier molecular flexibility index (Phi) is 6.94. The van der Waals surface area contributed by atoms with Gasteiger partial charge >= 0.3 is 6.03 Å². The van der Waals surface area contributed by atoms with E-state index in [0.717, 1.165) is 32.1 Å². The molecule has 128 valence electrons. The maximum atomic E-state index is 12.5. The summed E-state index contributed by atoms with van der Waals surface area (Å²) in [7, 11) is 0. The van der Waals surface area contributed by atoms with Crippen molar-refractivity contribution in [1.29, 1.82) is 0 Å². The number of nitrogens with one attached hydrogen (secondary N) is 2. The van der Waals surface area contributed by atoms with E-state index < -0.39 is 5.54 Å². The minimum absolute atomic E-state index is 0. The summed E-state index contributed by atoms with van der Waals surface area (Å²) in [5, 5.41) is 5.88. The second-order valence-corrected chi connectivity index (χ2v) is 6.58. The lowest BCUT2D eigenvalue weighted by Gasteiger charge is -2.37. The highest BCUT2D eigenvalue weighted by Crippen LogP contribution is 2.31. The van der Waals surface area contributed by atoms with Gasteiger partial charge in [0, 0.05) is 31.2 Å². The second-order valence-electron chi connectivity index (χ2n) is 6.58. The molecule has 1 aliphatic heterocycles. The van der Waals surface area contributed by atoms with Crippen molar-refractivity contribution in [3.05, 3.63) is 0 Å². The molecule has 1 saturated carbocycles. The molecule has 1 heterocycles. The monoisotopic (exact) mass is 332 g/mol. The van der Waals surface area contributed by atoms with Crippen LogP contribution in [0.25, 0.3) is 0 Å². The third kappa shape index (κ3) is 4.49. The summed E-state index contributed by atoms with van der Waals surface area (Å²) in [5.41, 5.74) is 5.87. The first-order valence-corrected chi connectivity index (χ1v) is 8.06. The van der Waals surface area contributed by atoms with Gasteiger partial charge in [0.2, 0.25) is 5.91 Å². The Morgan fingerprint density at radius 1 is 1.32 bits per heavy atom. The van der Waals surface area contributed by atoms with Crippen LogP contribution >= 0.6 is 12.4 Å². The molecule has 0 spiro atoms. The van der Waals surface area contributed by atoms with Crippen LogP contribution in [0.2, 0.25) is 0 Å². The summed E-state index contributed by atoms with van der Waals surface area (Å²) in [5.74, 6) is -0.0489. The molecule has 0 aromatic heterocycles. The summed E-state index contributed by atoms with van der Waals surface area (Å²) in [6.45, 7) is 5.79. The minimum Gasteiger partial charge on any atom is -0.351 e. The quantitative estimate of drug-likeness (QED) is 0.726. The number of likely N-dealkylation sites (tertiary alicyclic amines) is 1. The zero-order valence-corrected chi connectivity index (χ0v) is 14.4. The molecule has 1 saturated heterocycles. The van der Waals surface area contributed by atoms with E-state index >= 15 is 0 Å². The highest BCUT2D eigenvalue weighted by atomic mass is 35.5. The van der Waals surface area contributed by atoms with Crippen molar-refractivity contribution in [3.63, 3.8) is 0 Å². The summed E-state index contributed by atoms with van der Waals surface area (Å²) in [6.07, 6.45) is 4.76. The van der Waals surface area contributed by atoms with Crippen molar-refractivity contribution in [2.75, 3.05) is 19.6 Å². The highest BCUT2D eigenvalue weighted by Gasteiger charge is 2.39. The van der Waals surface area contributed by atoms with E-state index in [0.29, 0.717) is 19.6 Å². The van der Waals surface area contributed by atoms with Crippen LogP contribution in [-0.2, 0) is 4.79 Å². The molecule has 4 N–H and O–H groups in total. The average Bonchev–Trinajstić information content (AvgIpc) is 2.87. The van der Waals surface area contributed by atoms with E-state index in [-0.39, 0.29) is 36.3 Å². The van der Waals surface area contributed by atoms with Gasteiger partial charge in [0.15, 0.2) is 0 Å². The topological polar surface area (TPSA) is 87.5 Å². The van der Waals surface area contributed by atoms with Gasteiger partial charge in [-0.3, -0.25) is 4.79 Å². The van der Waals surface area contributed by atoms with Crippen molar-refractivity contribution in [3.8, 4) is 0 Å². The number of hydrogen-bond donors (Lipinski definition) is 3. The first-order chi connectivity index (χ1) is 9.94. The van der Waals surface area contributed by atoms with Gasteiger partial charge in [-0.2, -0.15) is 0 Å². The summed E-state index contributed by atoms with van der Waals surface area (Å²) < 4.78 is 0. The Hall–Kier alpha value is -1.01. The number of rotatable bonds is 3. The largest absolute Gasteiger partial charge is 0.351 e. The molecule has 0 aromatic carbocycles. The van der Waals surface area contributed by atoms with Gasteiger partial charge < -0.3 is 21.3 Å². The van der Waals surface area contributed by atoms with Gasteiger partial charge in [0.25, 0.3) is 0 Å². The van der Waals surface area contributed by atoms with Crippen molar-refractivity contribution < 1.29 is 9.59 Å². The zero-order chi connectivity index (χ0) is 15.5. The number of carbonyl (C=O) groups is 2. The second kappa shape index (κ2) is 8.02. The first kappa shape index (κ1) is 19.0. The van der Waals surface area contributed by atoms with Crippen LogP contribution in [0.3, 0.4) is 0 Å². The summed E-state index contributed by atoms with van der Waals surface area (Å²) >= 11 is 0. The molecule has 0 bridgehead atoms. The van der Waals surface area contributed by atoms with Crippen LogP contribution in [0.15, 0.2) is 0 Å². The molecule has 2 aliphatic rings. The fourth-order valence-electron chi connectivity index (χ4n) is 3.42. The van der Waals surface area contributed by atoms with Crippen molar-refractivity contribution >= 4 is 24.3 Å². The van der Waals surface area contributed by atoms with Crippen LogP contribution in [0, 0.1) is 5.92 Å². The van der Waals surface area contributed by atoms with E-state index in [2.05, 4.69) is 10.6 Å². The van der Waals surface area contributed by atoms with Gasteiger partial charge in [0.05, 0.1) is 5.92 Å². The summed E-state index contributed by atoms with van der Waals surface area (Å²) in [4.78, 5) is 26.0. The fraction of sp³-hybridized carbons (Fsp3) is 0.867. The molecule has 2 rings (SSSR count). The van der Waals surface area contributed by atoms with E-state index in [1.54, 1.807) is 4.90 Å². The predicted octanol–water partition coefficient (Wildman–Crippen LogP) is 1.24. The standard InChI is InChI=1S/C15H28N4O2.ClH/c1-3-17-14(21)19-9-7-11(10-19)18-13(20)12-6-4-5-8-15(12,2)16;/h11-12H,3-10,16H2,1-2H3,(H,17,21)(H,18,20);1H. The maximum absolute atomic E-state index is 12.5. The molecular weight excluding hydrogens is 304 g/mol. The zero-order valence-electron chi connectivity index (χ0n) is 13.6. The molecule has 1 aliphatic carbocycles. The lowest BCUT2D eigenvalue weighted by atomic mass is 9.74. The van der Waals surface area contributed by atoms with E-state index in [4.69, 9.17) is 5.73 Å². The maximum Gasteiger partial charge on any atom is 0.317 e. The van der Waals surface area contributed by atoms with Crippen molar-refractivity contribution in [2.24, 2.45) is 11.7 Å². The molecule has 6 nitrogen and oxygen atoms in total. The van der Waals surface area contributed by atoms with Gasteiger partial charge in [-0.05, 0) is 33.1 Å². The smallest absolute Gasteiger partial charge is 0.317 e. The van der Waals surface area contributed by atoms with Crippen LogP contribution in [0.5, 0.6) is 0 Å². The third-order valence-electron chi connectivity index (χ3n) is 4.72. The van der Waals surface area contributed by atoms with Crippen molar-refractivity contribution in [1.82, 2.24) is 15.5 Å². The Morgan fingerprint density at radius 3 is 2.68 bits per heavy atom. The molecular formula is C15H29ClN4O2. The average molecular weight is 333 g/mol. The normalized spacial score (nSPS) is 31.3. The third-order valence-corrected chi connectivity index (χ3v) is 4.72. The Balaban J connectivity index is 0.00000242. The lowest BCUT2D eigenvalue weighted by molar-refractivity contribution is -0.128. The number of halogens is 1. The minimum atomic E-state index is -0.403. The van der Waals surface area contributed by atoms with Crippen LogP contribution < -0.4 is 16.4 Å². The van der Waals surface area contributed by atoms with E-state index in [1.165, 1.54) is 0 Å². The Morgan fingerprint density at radius 2 is 2.05 bits per heavy atom. The molecule has 0 aromatic rings. The van der Waals surface area contributed by atoms with Gasteiger partial charge in [-0.1, -0.05) is 12.8 Å². The molecule has 2 fully saturated rings. The van der Waals surface area contributed by atoms with Gasteiger partial charge in [0.1, 0.15) is 0 Å². The van der Waals surface area contributed by atoms with Crippen molar-refractivity contribution in [2.45, 2.75) is 57.5 Å². The molecule has 7 heteroatoms. The van der Waals surface area contributed by atoms with E-state index in [1.807, 2.05) is 13.8 Å². The predicted molar refractivity (Wildman–Crippen MR) is 89.0 cm³/mol. The SMILES string of the molecule is CCNC(=O)N1CCC(NC(=O)C2CCCCC2(C)N)C1.Cl. The lowest BCUT2D eigenvalue weighted by Crippen LogP contribution is -2.54. The Bertz CT molecular complexity index is 403. The van der Waals surface area contributed by atoms with Crippen LogP contribution in [0.1, 0.15) is 46.0 Å². The summed E-state index contributed by atoms with van der Waals surface area (Å²) in [6, 6.07) is 0.00779. The van der Waals surface area contributed by atoms with Gasteiger partial charge in [-0.25, -0.2) is 4.79 Å². The number of nitrogens with two attached hydrogens (primary N) is 1.